The molecule has 0 amide bonds. The Morgan fingerprint density at radius 1 is 1.11 bits per heavy atom. The number of anilines is 1. The number of hydrogen-bond acceptors (Lipinski definition) is 3. The molecule has 2 aromatic rings. The summed E-state index contributed by atoms with van der Waals surface area (Å²) < 4.78 is 25.8. The summed E-state index contributed by atoms with van der Waals surface area (Å²) >= 11 is 1.25. The third-order valence-corrected chi connectivity index (χ3v) is 3.66. The molecule has 0 bridgehead atoms. The van der Waals surface area contributed by atoms with Gasteiger partial charge in [-0.1, -0.05) is 12.1 Å². The van der Waals surface area contributed by atoms with Crippen molar-refractivity contribution in [2.24, 2.45) is 0 Å². The van der Waals surface area contributed by atoms with Crippen molar-refractivity contribution in [2.45, 2.75) is 11.0 Å². The number of nitrogen functional groups attached to an aromatic ring is 1. The van der Waals surface area contributed by atoms with E-state index in [2.05, 4.69) is 0 Å². The second kappa shape index (κ2) is 6.04. The van der Waals surface area contributed by atoms with Gasteiger partial charge in [-0.25, -0.2) is 8.78 Å². The molecule has 0 spiro atoms. The zero-order valence-corrected chi connectivity index (χ0v) is 10.8. The predicted molar refractivity (Wildman–Crippen MR) is 72.9 cm³/mol. The van der Waals surface area contributed by atoms with Crippen LogP contribution in [-0.4, -0.2) is 10.9 Å². The van der Waals surface area contributed by atoms with Crippen LogP contribution in [-0.2, 0) is 0 Å². The minimum Gasteiger partial charge on any atom is -0.399 e. The Labute approximate surface area is 114 Å². The number of thioether (sulfide) groups is 1. The lowest BCUT2D eigenvalue weighted by atomic mass is 10.1. The van der Waals surface area contributed by atoms with Gasteiger partial charge in [0.05, 0.1) is 6.10 Å². The number of hydrogen-bond donors (Lipinski definition) is 2. The maximum atomic E-state index is 13.0. The van der Waals surface area contributed by atoms with Gasteiger partial charge in [0.15, 0.2) is 11.6 Å². The van der Waals surface area contributed by atoms with Crippen LogP contribution in [0.2, 0.25) is 0 Å². The number of rotatable bonds is 4. The first kappa shape index (κ1) is 13.8. The van der Waals surface area contributed by atoms with Crippen molar-refractivity contribution in [3.05, 3.63) is 59.7 Å². The maximum Gasteiger partial charge on any atom is 0.159 e. The van der Waals surface area contributed by atoms with Crippen LogP contribution in [0.15, 0.2) is 47.4 Å². The average molecular weight is 281 g/mol. The van der Waals surface area contributed by atoms with Crippen LogP contribution in [0.1, 0.15) is 11.7 Å². The first-order valence-electron chi connectivity index (χ1n) is 5.67. The van der Waals surface area contributed by atoms with Crippen LogP contribution in [0.5, 0.6) is 0 Å². The molecule has 19 heavy (non-hydrogen) atoms. The summed E-state index contributed by atoms with van der Waals surface area (Å²) in [6.07, 6.45) is -0.707. The molecule has 0 heterocycles. The van der Waals surface area contributed by atoms with E-state index in [1.54, 1.807) is 24.3 Å². The molecule has 5 heteroatoms. The monoisotopic (exact) mass is 281 g/mol. The summed E-state index contributed by atoms with van der Waals surface area (Å²) in [7, 11) is 0. The average Bonchev–Trinajstić information content (AvgIpc) is 2.40. The van der Waals surface area contributed by atoms with Crippen molar-refractivity contribution in [3.8, 4) is 0 Å². The van der Waals surface area contributed by atoms with Crippen LogP contribution in [0.3, 0.4) is 0 Å². The van der Waals surface area contributed by atoms with Gasteiger partial charge in [-0.15, -0.1) is 11.8 Å². The Morgan fingerprint density at radius 3 is 2.58 bits per heavy atom. The molecule has 0 aromatic heterocycles. The normalized spacial score (nSPS) is 12.4. The fourth-order valence-corrected chi connectivity index (χ4v) is 2.50. The molecule has 1 unspecified atom stereocenters. The van der Waals surface area contributed by atoms with E-state index < -0.39 is 17.7 Å². The molecule has 1 atom stereocenters. The molecule has 3 N–H and O–H groups in total. The van der Waals surface area contributed by atoms with Gasteiger partial charge in [0.25, 0.3) is 0 Å². The molecular weight excluding hydrogens is 268 g/mol. The van der Waals surface area contributed by atoms with Crippen LogP contribution in [0.25, 0.3) is 0 Å². The van der Waals surface area contributed by atoms with Crippen LogP contribution in [0.4, 0.5) is 14.5 Å². The van der Waals surface area contributed by atoms with Crippen molar-refractivity contribution in [1.82, 2.24) is 0 Å². The van der Waals surface area contributed by atoms with Gasteiger partial charge in [0, 0.05) is 16.3 Å². The Balaban J connectivity index is 2.00. The lowest BCUT2D eigenvalue weighted by Gasteiger charge is -2.11. The third kappa shape index (κ3) is 3.68. The summed E-state index contributed by atoms with van der Waals surface area (Å²) in [6, 6.07) is 10.6. The number of nitrogens with two attached hydrogens (primary N) is 1. The molecule has 0 radical (unpaired) electrons. The van der Waals surface area contributed by atoms with E-state index in [4.69, 9.17) is 5.73 Å². The van der Waals surface area contributed by atoms with E-state index in [-0.39, 0.29) is 0 Å². The summed E-state index contributed by atoms with van der Waals surface area (Å²) in [5.74, 6) is -1.42. The Morgan fingerprint density at radius 2 is 1.89 bits per heavy atom. The zero-order chi connectivity index (χ0) is 13.8. The largest absolute Gasteiger partial charge is 0.399 e. The van der Waals surface area contributed by atoms with Gasteiger partial charge in [-0.2, -0.15) is 0 Å². The molecule has 2 aromatic carbocycles. The van der Waals surface area contributed by atoms with Crippen LogP contribution < -0.4 is 5.73 Å². The van der Waals surface area contributed by atoms with Gasteiger partial charge >= 0.3 is 0 Å². The third-order valence-electron chi connectivity index (χ3n) is 2.59. The summed E-state index contributed by atoms with van der Waals surface area (Å²) in [5, 5.41) is 9.99. The maximum absolute atomic E-state index is 13.0. The van der Waals surface area contributed by atoms with E-state index in [0.717, 1.165) is 12.1 Å². The molecule has 0 saturated heterocycles. The highest BCUT2D eigenvalue weighted by molar-refractivity contribution is 7.99. The number of aliphatic hydroxyl groups is 1. The highest BCUT2D eigenvalue weighted by Crippen LogP contribution is 2.26. The fraction of sp³-hybridized carbons (Fsp3) is 0.143. The number of halogens is 2. The predicted octanol–water partition coefficient (Wildman–Crippen LogP) is 3.37. The van der Waals surface area contributed by atoms with Gasteiger partial charge < -0.3 is 10.8 Å². The van der Waals surface area contributed by atoms with Crippen LogP contribution >= 0.6 is 11.8 Å². The van der Waals surface area contributed by atoms with E-state index in [1.807, 2.05) is 0 Å². The topological polar surface area (TPSA) is 46.2 Å². The molecule has 0 aliphatic heterocycles. The Hall–Kier alpha value is -1.59. The van der Waals surface area contributed by atoms with Crippen molar-refractivity contribution in [3.63, 3.8) is 0 Å². The summed E-state index contributed by atoms with van der Waals surface area (Å²) in [4.78, 5) is 0.571. The van der Waals surface area contributed by atoms with Crippen molar-refractivity contribution >= 4 is 17.4 Å². The van der Waals surface area contributed by atoms with Gasteiger partial charge in [-0.3, -0.25) is 0 Å². The first-order chi connectivity index (χ1) is 9.06. The number of benzene rings is 2. The van der Waals surface area contributed by atoms with Gasteiger partial charge in [-0.05, 0) is 35.9 Å². The first-order valence-corrected chi connectivity index (χ1v) is 6.66. The molecule has 0 aliphatic rings. The SMILES string of the molecule is Nc1cccc(C(O)CSc2ccc(F)c(F)c2)c1. The second-order valence-corrected chi connectivity index (χ2v) is 5.17. The molecule has 0 saturated carbocycles. The Kier molecular flexibility index (Phi) is 4.39. The van der Waals surface area contributed by atoms with Crippen LogP contribution in [0, 0.1) is 11.6 Å². The number of aliphatic hydroxyl groups excluding tert-OH is 1. The summed E-state index contributed by atoms with van der Waals surface area (Å²) in [5.41, 5.74) is 6.91. The van der Waals surface area contributed by atoms with Crippen molar-refractivity contribution in [2.75, 3.05) is 11.5 Å². The molecule has 2 nitrogen and oxygen atoms in total. The highest BCUT2D eigenvalue weighted by atomic mass is 32.2. The van der Waals surface area contributed by atoms with E-state index in [1.165, 1.54) is 17.8 Å². The standard InChI is InChI=1S/C14H13F2NOS/c15-12-5-4-11(7-13(12)16)19-8-14(18)9-2-1-3-10(17)6-9/h1-7,14,18H,8,17H2. The molecule has 0 aliphatic carbocycles. The fourth-order valence-electron chi connectivity index (χ4n) is 1.60. The molecule has 2 rings (SSSR count). The summed E-state index contributed by atoms with van der Waals surface area (Å²) in [6.45, 7) is 0. The second-order valence-electron chi connectivity index (χ2n) is 4.07. The molecular formula is C14H13F2NOS. The quantitative estimate of drug-likeness (QED) is 0.667. The smallest absolute Gasteiger partial charge is 0.159 e. The minimum atomic E-state index is -0.886. The lowest BCUT2D eigenvalue weighted by Crippen LogP contribution is -2.01. The van der Waals surface area contributed by atoms with E-state index in [9.17, 15) is 13.9 Å². The van der Waals surface area contributed by atoms with E-state index >= 15 is 0 Å². The highest BCUT2D eigenvalue weighted by Gasteiger charge is 2.09. The molecule has 0 fully saturated rings. The minimum absolute atomic E-state index is 0.342. The zero-order valence-electron chi connectivity index (χ0n) is 10.0. The van der Waals surface area contributed by atoms with E-state index in [0.29, 0.717) is 21.9 Å². The molecule has 100 valence electrons. The van der Waals surface area contributed by atoms with Crippen molar-refractivity contribution in [1.29, 1.82) is 0 Å². The lowest BCUT2D eigenvalue weighted by molar-refractivity contribution is 0.204. The van der Waals surface area contributed by atoms with Gasteiger partial charge in [0.1, 0.15) is 0 Å². The van der Waals surface area contributed by atoms with Crippen molar-refractivity contribution < 1.29 is 13.9 Å². The Bertz CT molecular complexity index is 577. The van der Waals surface area contributed by atoms with Gasteiger partial charge in [0.2, 0.25) is 0 Å².